The summed E-state index contributed by atoms with van der Waals surface area (Å²) in [6.07, 6.45) is 6.25. The summed E-state index contributed by atoms with van der Waals surface area (Å²) in [6.45, 7) is 5.07. The normalized spacial score (nSPS) is 13.0. The van der Waals surface area contributed by atoms with Gasteiger partial charge in [-0.1, -0.05) is 23.2 Å². The van der Waals surface area contributed by atoms with Gasteiger partial charge >= 0.3 is 0 Å². The van der Waals surface area contributed by atoms with Crippen LogP contribution in [0.25, 0.3) is 11.3 Å². The number of halogens is 2. The summed E-state index contributed by atoms with van der Waals surface area (Å²) in [4.78, 5) is 44.0. The SMILES string of the molecule is CCONC(=O)c1cc(OC)c(Cl)c(Nc2ncncc2-c2cc(N(C)c3ccc(N4CCOCC4)cn3)ncn2)c1Cl. The molecule has 1 fully saturated rings. The lowest BCUT2D eigenvalue weighted by Gasteiger charge is -2.29. The highest BCUT2D eigenvalue weighted by Gasteiger charge is 2.23. The largest absolute Gasteiger partial charge is 0.495 e. The summed E-state index contributed by atoms with van der Waals surface area (Å²) in [7, 11) is 3.30. The predicted molar refractivity (Wildman–Crippen MR) is 164 cm³/mol. The standard InChI is InChI=1S/C28H29Cl2N9O4/c1-4-43-37-28(40)18-11-21(41-3)25(30)26(24(18)29)36-27-19(14-31-15-35-27)20-12-23(34-16-33-20)38(2)22-6-5-17(13-32-22)39-7-9-42-10-8-39/h5-6,11-16H,4,7-10H2,1-3H3,(H,37,40)(H,31,35,36). The van der Waals surface area contributed by atoms with Crippen molar-refractivity contribution in [2.75, 3.05) is 62.2 Å². The van der Waals surface area contributed by atoms with Crippen LogP contribution in [-0.4, -0.2) is 77.9 Å². The highest BCUT2D eigenvalue weighted by molar-refractivity contribution is 6.42. The monoisotopic (exact) mass is 625 g/mol. The molecule has 4 heterocycles. The van der Waals surface area contributed by atoms with Gasteiger partial charge in [0.05, 0.1) is 66.3 Å². The van der Waals surface area contributed by atoms with Gasteiger partial charge in [-0.3, -0.25) is 9.63 Å². The van der Waals surface area contributed by atoms with Crippen molar-refractivity contribution < 1.29 is 19.1 Å². The molecule has 15 heteroatoms. The predicted octanol–water partition coefficient (Wildman–Crippen LogP) is 4.67. The summed E-state index contributed by atoms with van der Waals surface area (Å²) >= 11 is 13.3. The van der Waals surface area contributed by atoms with E-state index in [0.29, 0.717) is 41.9 Å². The van der Waals surface area contributed by atoms with E-state index in [1.54, 1.807) is 19.2 Å². The van der Waals surface area contributed by atoms with Crippen LogP contribution in [0.2, 0.25) is 10.0 Å². The van der Waals surface area contributed by atoms with Crippen LogP contribution in [0, 0.1) is 0 Å². The van der Waals surface area contributed by atoms with E-state index in [1.807, 2.05) is 30.3 Å². The van der Waals surface area contributed by atoms with Crippen molar-refractivity contribution in [1.82, 2.24) is 30.4 Å². The van der Waals surface area contributed by atoms with Gasteiger partial charge in [0, 0.05) is 32.4 Å². The zero-order valence-corrected chi connectivity index (χ0v) is 25.2. The zero-order chi connectivity index (χ0) is 30.3. The Balaban J connectivity index is 1.44. The first-order valence-electron chi connectivity index (χ1n) is 13.3. The van der Waals surface area contributed by atoms with Gasteiger partial charge in [0.25, 0.3) is 5.91 Å². The Hall–Kier alpha value is -4.30. The lowest BCUT2D eigenvalue weighted by atomic mass is 10.1. The molecular formula is C28H29Cl2N9O4. The number of methoxy groups -OCH3 is 1. The maximum Gasteiger partial charge on any atom is 0.276 e. The number of nitrogens with one attached hydrogen (secondary N) is 2. The Kier molecular flexibility index (Phi) is 9.67. The van der Waals surface area contributed by atoms with Crippen LogP contribution in [0.3, 0.4) is 0 Å². The maximum absolute atomic E-state index is 12.7. The molecule has 224 valence electrons. The number of carbonyl (C=O) groups is 1. The number of pyridine rings is 1. The van der Waals surface area contributed by atoms with Crippen molar-refractivity contribution in [2.24, 2.45) is 0 Å². The number of hydroxylamine groups is 1. The van der Waals surface area contributed by atoms with Crippen LogP contribution in [0.1, 0.15) is 17.3 Å². The third-order valence-electron chi connectivity index (χ3n) is 6.62. The lowest BCUT2D eigenvalue weighted by molar-refractivity contribution is 0.0364. The number of amides is 1. The Morgan fingerprint density at radius 2 is 1.86 bits per heavy atom. The van der Waals surface area contributed by atoms with Gasteiger partial charge < -0.3 is 24.6 Å². The molecule has 0 bridgehead atoms. The van der Waals surface area contributed by atoms with Crippen molar-refractivity contribution in [3.05, 3.63) is 64.9 Å². The molecule has 1 saturated heterocycles. The number of aromatic nitrogens is 5. The van der Waals surface area contributed by atoms with E-state index in [1.165, 1.54) is 25.8 Å². The number of hydrogen-bond acceptors (Lipinski definition) is 12. The number of anilines is 5. The molecule has 0 unspecified atom stereocenters. The first-order valence-corrected chi connectivity index (χ1v) is 14.1. The number of rotatable bonds is 10. The second-order valence-electron chi connectivity index (χ2n) is 9.20. The Morgan fingerprint density at radius 1 is 1.05 bits per heavy atom. The fraction of sp³-hybridized carbons (Fsp3) is 0.286. The Bertz CT molecular complexity index is 1590. The molecule has 0 atom stereocenters. The first-order chi connectivity index (χ1) is 20.9. The average Bonchev–Trinajstić information content (AvgIpc) is 3.06. The molecule has 0 aliphatic carbocycles. The highest BCUT2D eigenvalue weighted by Crippen LogP contribution is 2.43. The summed E-state index contributed by atoms with van der Waals surface area (Å²) in [5.41, 5.74) is 4.72. The lowest BCUT2D eigenvalue weighted by Crippen LogP contribution is -2.36. The minimum absolute atomic E-state index is 0.0438. The molecule has 43 heavy (non-hydrogen) atoms. The number of benzene rings is 1. The zero-order valence-electron chi connectivity index (χ0n) is 23.7. The van der Waals surface area contributed by atoms with E-state index in [0.717, 1.165) is 18.8 Å². The topological polar surface area (TPSA) is 140 Å². The molecule has 4 aromatic rings. The number of nitrogens with zero attached hydrogens (tertiary/aromatic N) is 7. The second-order valence-corrected chi connectivity index (χ2v) is 9.95. The summed E-state index contributed by atoms with van der Waals surface area (Å²) < 4.78 is 10.8. The van der Waals surface area contributed by atoms with Crippen LogP contribution in [0.15, 0.2) is 49.3 Å². The van der Waals surface area contributed by atoms with Gasteiger partial charge in [0.15, 0.2) is 0 Å². The van der Waals surface area contributed by atoms with Crippen LogP contribution < -0.4 is 25.3 Å². The summed E-state index contributed by atoms with van der Waals surface area (Å²) in [5, 5.41) is 3.33. The molecule has 3 aromatic heterocycles. The van der Waals surface area contributed by atoms with Gasteiger partial charge in [0.1, 0.15) is 40.9 Å². The first kappa shape index (κ1) is 30.2. The van der Waals surface area contributed by atoms with Crippen LogP contribution in [-0.2, 0) is 9.57 Å². The van der Waals surface area contributed by atoms with E-state index in [9.17, 15) is 4.79 Å². The van der Waals surface area contributed by atoms with Crippen LogP contribution >= 0.6 is 23.2 Å². The van der Waals surface area contributed by atoms with Gasteiger partial charge in [0.2, 0.25) is 0 Å². The number of morpholine rings is 1. The third kappa shape index (κ3) is 6.70. The van der Waals surface area contributed by atoms with E-state index >= 15 is 0 Å². The molecule has 1 aliphatic rings. The summed E-state index contributed by atoms with van der Waals surface area (Å²) in [5.74, 6) is 1.30. The van der Waals surface area contributed by atoms with E-state index in [2.05, 4.69) is 40.6 Å². The van der Waals surface area contributed by atoms with Gasteiger partial charge in [-0.2, -0.15) is 0 Å². The maximum atomic E-state index is 12.7. The van der Waals surface area contributed by atoms with Crippen molar-refractivity contribution in [1.29, 1.82) is 0 Å². The molecular weight excluding hydrogens is 597 g/mol. The van der Waals surface area contributed by atoms with Crippen molar-refractivity contribution in [3.8, 4) is 17.0 Å². The molecule has 1 amide bonds. The van der Waals surface area contributed by atoms with Gasteiger partial charge in [-0.25, -0.2) is 30.4 Å². The quantitative estimate of drug-likeness (QED) is 0.237. The van der Waals surface area contributed by atoms with E-state index < -0.39 is 5.91 Å². The summed E-state index contributed by atoms with van der Waals surface area (Å²) in [6, 6.07) is 7.19. The minimum atomic E-state index is -0.567. The average molecular weight is 627 g/mol. The number of hydrogen-bond donors (Lipinski definition) is 2. The van der Waals surface area contributed by atoms with E-state index in [-0.39, 0.29) is 33.7 Å². The second kappa shape index (κ2) is 13.8. The molecule has 0 radical (unpaired) electrons. The fourth-order valence-electron chi connectivity index (χ4n) is 4.34. The molecule has 0 spiro atoms. The minimum Gasteiger partial charge on any atom is -0.495 e. The highest BCUT2D eigenvalue weighted by atomic mass is 35.5. The molecule has 5 rings (SSSR count). The van der Waals surface area contributed by atoms with Crippen molar-refractivity contribution in [3.63, 3.8) is 0 Å². The smallest absolute Gasteiger partial charge is 0.276 e. The number of ether oxygens (including phenoxy) is 2. The Morgan fingerprint density at radius 3 is 2.58 bits per heavy atom. The van der Waals surface area contributed by atoms with Crippen molar-refractivity contribution in [2.45, 2.75) is 6.92 Å². The third-order valence-corrected chi connectivity index (χ3v) is 7.39. The molecule has 1 aromatic carbocycles. The molecule has 13 nitrogen and oxygen atoms in total. The molecule has 1 aliphatic heterocycles. The molecule has 2 N–H and O–H groups in total. The van der Waals surface area contributed by atoms with Gasteiger partial charge in [-0.05, 0) is 25.1 Å². The van der Waals surface area contributed by atoms with E-state index in [4.69, 9.17) is 37.5 Å². The van der Waals surface area contributed by atoms with Crippen LogP contribution in [0.4, 0.5) is 28.8 Å². The molecule has 0 saturated carbocycles. The van der Waals surface area contributed by atoms with Gasteiger partial charge in [-0.15, -0.1) is 0 Å². The van der Waals surface area contributed by atoms with Crippen molar-refractivity contribution >= 4 is 57.9 Å². The van der Waals surface area contributed by atoms with Crippen LogP contribution in [0.5, 0.6) is 5.75 Å². The Labute approximate surface area is 258 Å². The number of carbonyl (C=O) groups excluding carboxylic acids is 1. The fourth-order valence-corrected chi connectivity index (χ4v) is 4.95.